The van der Waals surface area contributed by atoms with E-state index in [1.54, 1.807) is 0 Å². The van der Waals surface area contributed by atoms with Crippen LogP contribution in [0.2, 0.25) is 0 Å². The molecular weight excluding hydrogens is 159 g/mol. The maximum atomic E-state index is 5.92. The van der Waals surface area contributed by atoms with Gasteiger partial charge in [-0.15, -0.1) is 0 Å². The van der Waals surface area contributed by atoms with E-state index in [2.05, 4.69) is 41.5 Å². The molecule has 0 bridgehead atoms. The summed E-state index contributed by atoms with van der Waals surface area (Å²) in [5.41, 5.74) is 0.0546. The molecule has 0 saturated heterocycles. The van der Waals surface area contributed by atoms with Crippen LogP contribution in [-0.2, 0) is 4.74 Å². The van der Waals surface area contributed by atoms with E-state index in [4.69, 9.17) is 4.74 Å². The van der Waals surface area contributed by atoms with Crippen molar-refractivity contribution in [2.45, 2.75) is 65.6 Å². The molecule has 1 nitrogen and oxygen atoms in total. The Balaban J connectivity index is 0. The van der Waals surface area contributed by atoms with E-state index < -0.39 is 0 Å². The van der Waals surface area contributed by atoms with E-state index in [1.807, 2.05) is 0 Å². The first-order chi connectivity index (χ1) is 4.83. The zero-order valence-electron chi connectivity index (χ0n) is 9.82. The minimum absolute atomic E-state index is 0. The van der Waals surface area contributed by atoms with Gasteiger partial charge in [0.05, 0.1) is 11.2 Å². The summed E-state index contributed by atoms with van der Waals surface area (Å²) in [4.78, 5) is 0. The first-order valence-corrected chi connectivity index (χ1v) is 4.53. The summed E-state index contributed by atoms with van der Waals surface area (Å²) in [5, 5.41) is 0. The summed E-state index contributed by atoms with van der Waals surface area (Å²) in [6.45, 7) is 12.9. The van der Waals surface area contributed by atoms with Gasteiger partial charge in [0.2, 0.25) is 0 Å². The largest absolute Gasteiger partial charge is 1.00 e. The van der Waals surface area contributed by atoms with Gasteiger partial charge in [-0.25, -0.2) is 0 Å². The molecule has 0 radical (unpaired) electrons. The maximum Gasteiger partial charge on any atom is 1.00 e. The topological polar surface area (TPSA) is 9.23 Å². The maximum absolute atomic E-state index is 5.92. The smallest absolute Gasteiger partial charge is 0.370 e. The third-order valence-electron chi connectivity index (χ3n) is 2.26. The fourth-order valence-electron chi connectivity index (χ4n) is 0.892. The minimum Gasteiger partial charge on any atom is -0.370 e. The molecule has 12 heavy (non-hydrogen) atoms. The Labute approximate surface area is 99.6 Å². The molecule has 0 aromatic heterocycles. The van der Waals surface area contributed by atoms with Crippen molar-refractivity contribution in [3.05, 3.63) is 0 Å². The fraction of sp³-hybridized carbons (Fsp3) is 1.00. The van der Waals surface area contributed by atoms with Gasteiger partial charge in [0.15, 0.2) is 0 Å². The SMILES string of the molecule is CCC(C)(C)OC(C)(C)CC.[Na+]. The monoisotopic (exact) mass is 181 g/mol. The van der Waals surface area contributed by atoms with Crippen LogP contribution < -0.4 is 29.6 Å². The average molecular weight is 181 g/mol. The van der Waals surface area contributed by atoms with E-state index in [0.717, 1.165) is 12.8 Å². The van der Waals surface area contributed by atoms with Crippen molar-refractivity contribution < 1.29 is 34.3 Å². The van der Waals surface area contributed by atoms with E-state index in [9.17, 15) is 0 Å². The first-order valence-electron chi connectivity index (χ1n) is 4.53. The summed E-state index contributed by atoms with van der Waals surface area (Å²) in [6.07, 6.45) is 2.13. The van der Waals surface area contributed by atoms with Crippen molar-refractivity contribution in [2.75, 3.05) is 0 Å². The van der Waals surface area contributed by atoms with Gasteiger partial charge in [-0.3, -0.25) is 0 Å². The summed E-state index contributed by atoms with van der Waals surface area (Å²) in [7, 11) is 0. The van der Waals surface area contributed by atoms with Crippen LogP contribution in [-0.4, -0.2) is 11.2 Å². The Hall–Kier alpha value is 0.960. The summed E-state index contributed by atoms with van der Waals surface area (Å²) < 4.78 is 5.92. The van der Waals surface area contributed by atoms with Crippen LogP contribution in [0.5, 0.6) is 0 Å². The van der Waals surface area contributed by atoms with Gasteiger partial charge in [0, 0.05) is 0 Å². The normalized spacial score (nSPS) is 12.5. The summed E-state index contributed by atoms with van der Waals surface area (Å²) in [5.74, 6) is 0. The molecule has 0 aromatic carbocycles. The molecule has 0 heterocycles. The Morgan fingerprint density at radius 2 is 1.08 bits per heavy atom. The van der Waals surface area contributed by atoms with Crippen molar-refractivity contribution in [3.63, 3.8) is 0 Å². The third-order valence-corrected chi connectivity index (χ3v) is 2.26. The molecule has 0 aliphatic heterocycles. The molecule has 0 N–H and O–H groups in total. The number of hydrogen-bond acceptors (Lipinski definition) is 1. The van der Waals surface area contributed by atoms with Crippen molar-refractivity contribution in [2.24, 2.45) is 0 Å². The Morgan fingerprint density at radius 1 is 0.833 bits per heavy atom. The zero-order valence-corrected chi connectivity index (χ0v) is 11.8. The summed E-state index contributed by atoms with van der Waals surface area (Å²) in [6, 6.07) is 0. The molecule has 68 valence electrons. The van der Waals surface area contributed by atoms with Crippen molar-refractivity contribution in [1.29, 1.82) is 0 Å². The van der Waals surface area contributed by atoms with Gasteiger partial charge in [0.1, 0.15) is 0 Å². The van der Waals surface area contributed by atoms with Gasteiger partial charge >= 0.3 is 29.6 Å². The van der Waals surface area contributed by atoms with Crippen molar-refractivity contribution in [3.8, 4) is 0 Å². The van der Waals surface area contributed by atoms with Crippen LogP contribution in [0, 0.1) is 0 Å². The molecule has 0 amide bonds. The second-order valence-corrected chi connectivity index (χ2v) is 4.33. The average Bonchev–Trinajstić information content (AvgIpc) is 1.86. The number of ether oxygens (including phenoxy) is 1. The first kappa shape index (κ1) is 15.4. The second-order valence-electron chi connectivity index (χ2n) is 4.33. The van der Waals surface area contributed by atoms with Crippen molar-refractivity contribution >= 4 is 0 Å². The van der Waals surface area contributed by atoms with Crippen LogP contribution in [0.1, 0.15) is 54.4 Å². The van der Waals surface area contributed by atoms with Crippen LogP contribution >= 0.6 is 0 Å². The van der Waals surface area contributed by atoms with Crippen LogP contribution in [0.15, 0.2) is 0 Å². The fourth-order valence-corrected chi connectivity index (χ4v) is 0.892. The summed E-state index contributed by atoms with van der Waals surface area (Å²) >= 11 is 0. The Bertz CT molecular complexity index is 105. The molecule has 0 unspecified atom stereocenters. The molecule has 0 atom stereocenters. The van der Waals surface area contributed by atoms with E-state index in [0.29, 0.717) is 0 Å². The molecule has 0 aromatic rings. The van der Waals surface area contributed by atoms with Gasteiger partial charge in [0.25, 0.3) is 0 Å². The minimum atomic E-state index is 0. The van der Waals surface area contributed by atoms with Gasteiger partial charge < -0.3 is 4.74 Å². The molecule has 2 heteroatoms. The van der Waals surface area contributed by atoms with Crippen LogP contribution in [0.4, 0.5) is 0 Å². The van der Waals surface area contributed by atoms with Crippen LogP contribution in [0.3, 0.4) is 0 Å². The predicted octanol–water partition coefficient (Wildman–Crippen LogP) is 0.384. The van der Waals surface area contributed by atoms with Crippen LogP contribution in [0.25, 0.3) is 0 Å². The van der Waals surface area contributed by atoms with Gasteiger partial charge in [-0.2, -0.15) is 0 Å². The Kier molecular flexibility index (Phi) is 7.25. The number of hydrogen-bond donors (Lipinski definition) is 0. The standard InChI is InChI=1S/C10H22O.Na/c1-7-9(3,4)11-10(5,6)8-2;/h7-8H2,1-6H3;/q;+1. The van der Waals surface area contributed by atoms with Crippen molar-refractivity contribution in [1.82, 2.24) is 0 Å². The molecule has 0 aliphatic rings. The van der Waals surface area contributed by atoms with E-state index >= 15 is 0 Å². The molecule has 0 spiro atoms. The zero-order chi connectivity index (χ0) is 9.12. The second kappa shape index (κ2) is 5.64. The van der Waals surface area contributed by atoms with E-state index in [1.165, 1.54) is 0 Å². The molecular formula is C10H22NaO+. The van der Waals surface area contributed by atoms with Gasteiger partial charge in [-0.05, 0) is 40.5 Å². The molecule has 0 aliphatic carbocycles. The predicted molar refractivity (Wildman–Crippen MR) is 49.8 cm³/mol. The molecule has 0 saturated carbocycles. The third kappa shape index (κ3) is 6.47. The molecule has 0 rings (SSSR count). The Morgan fingerprint density at radius 3 is 1.25 bits per heavy atom. The quantitative estimate of drug-likeness (QED) is 0.570. The molecule has 0 fully saturated rings. The van der Waals surface area contributed by atoms with E-state index in [-0.39, 0.29) is 40.8 Å². The number of rotatable bonds is 4. The van der Waals surface area contributed by atoms with Gasteiger partial charge in [-0.1, -0.05) is 13.8 Å².